The Hall–Kier alpha value is -1.92. The first-order chi connectivity index (χ1) is 14.8. The zero-order chi connectivity index (χ0) is 22.3. The summed E-state index contributed by atoms with van der Waals surface area (Å²) in [4.78, 5) is 6.38. The van der Waals surface area contributed by atoms with Crippen LogP contribution in [0.3, 0.4) is 0 Å². The van der Waals surface area contributed by atoms with Crippen LogP contribution in [0, 0.1) is 5.82 Å². The van der Waals surface area contributed by atoms with Gasteiger partial charge in [0.1, 0.15) is 5.82 Å². The predicted molar refractivity (Wildman–Crippen MR) is 126 cm³/mol. The molecule has 176 valence electrons. The van der Waals surface area contributed by atoms with E-state index in [1.165, 1.54) is 12.6 Å². The van der Waals surface area contributed by atoms with Crippen molar-refractivity contribution >= 4 is 29.9 Å². The van der Waals surface area contributed by atoms with Crippen molar-refractivity contribution in [2.24, 2.45) is 4.99 Å². The Morgan fingerprint density at radius 2 is 1.62 bits per heavy atom. The SMILES string of the molecule is CN=C(NCc1ccc(CN2CCOCC2)cc1)NCc1ccc(F)cc1C(F)(F)F.I. The van der Waals surface area contributed by atoms with Crippen LogP contribution in [-0.2, 0) is 30.5 Å². The summed E-state index contributed by atoms with van der Waals surface area (Å²) in [7, 11) is 1.54. The first-order valence-electron chi connectivity index (χ1n) is 10.0. The van der Waals surface area contributed by atoms with Gasteiger partial charge in [0.15, 0.2) is 5.96 Å². The number of alkyl halides is 3. The number of nitrogens with zero attached hydrogens (tertiary/aromatic N) is 2. The molecule has 1 aliphatic rings. The van der Waals surface area contributed by atoms with Gasteiger partial charge in [0.25, 0.3) is 0 Å². The van der Waals surface area contributed by atoms with Gasteiger partial charge in [-0.1, -0.05) is 30.3 Å². The zero-order valence-corrected chi connectivity index (χ0v) is 20.0. The number of morpholine rings is 1. The van der Waals surface area contributed by atoms with E-state index in [9.17, 15) is 17.6 Å². The summed E-state index contributed by atoms with van der Waals surface area (Å²) in [6, 6.07) is 10.8. The average Bonchev–Trinajstić information content (AvgIpc) is 2.76. The Morgan fingerprint density at radius 1 is 1.00 bits per heavy atom. The van der Waals surface area contributed by atoms with Gasteiger partial charge in [-0.2, -0.15) is 13.2 Å². The van der Waals surface area contributed by atoms with Crippen molar-refractivity contribution in [3.63, 3.8) is 0 Å². The molecule has 0 aliphatic carbocycles. The standard InChI is InChI=1S/C22H26F4N4O.HI/c1-27-21(29-14-18-6-7-19(23)12-20(18)22(24,25)26)28-13-16-2-4-17(5-3-16)15-30-8-10-31-11-9-30;/h2-7,12H,8-11,13-15H2,1H3,(H2,27,28,29);1H. The fourth-order valence-corrected chi connectivity index (χ4v) is 3.33. The van der Waals surface area contributed by atoms with Crippen molar-refractivity contribution in [1.29, 1.82) is 0 Å². The number of nitrogens with one attached hydrogen (secondary N) is 2. The predicted octanol–water partition coefficient (Wildman–Crippen LogP) is 4.16. The molecule has 32 heavy (non-hydrogen) atoms. The van der Waals surface area contributed by atoms with E-state index in [0.29, 0.717) is 18.6 Å². The van der Waals surface area contributed by atoms with E-state index in [1.54, 1.807) is 0 Å². The van der Waals surface area contributed by atoms with E-state index in [4.69, 9.17) is 4.74 Å². The smallest absolute Gasteiger partial charge is 0.379 e. The molecule has 0 radical (unpaired) electrons. The molecule has 0 saturated carbocycles. The van der Waals surface area contributed by atoms with Gasteiger partial charge in [0.2, 0.25) is 0 Å². The number of benzene rings is 2. The third-order valence-electron chi connectivity index (χ3n) is 5.04. The highest BCUT2D eigenvalue weighted by atomic mass is 127. The zero-order valence-electron chi connectivity index (χ0n) is 17.7. The largest absolute Gasteiger partial charge is 0.416 e. The second-order valence-corrected chi connectivity index (χ2v) is 7.28. The number of halogens is 5. The van der Waals surface area contributed by atoms with Gasteiger partial charge in [-0.25, -0.2) is 4.39 Å². The summed E-state index contributed by atoms with van der Waals surface area (Å²) >= 11 is 0. The Labute approximate surface area is 202 Å². The molecule has 0 atom stereocenters. The minimum absolute atomic E-state index is 0. The van der Waals surface area contributed by atoms with Crippen molar-refractivity contribution in [1.82, 2.24) is 15.5 Å². The van der Waals surface area contributed by atoms with Gasteiger partial charge in [0.05, 0.1) is 18.8 Å². The average molecular weight is 566 g/mol. The molecule has 5 nitrogen and oxygen atoms in total. The van der Waals surface area contributed by atoms with Crippen LogP contribution in [0.5, 0.6) is 0 Å². The summed E-state index contributed by atoms with van der Waals surface area (Å²) in [5, 5.41) is 5.93. The highest BCUT2D eigenvalue weighted by molar-refractivity contribution is 14.0. The number of hydrogen-bond acceptors (Lipinski definition) is 3. The molecule has 1 fully saturated rings. The first kappa shape index (κ1) is 26.3. The molecule has 10 heteroatoms. The van der Waals surface area contributed by atoms with Crippen molar-refractivity contribution in [3.8, 4) is 0 Å². The summed E-state index contributed by atoms with van der Waals surface area (Å²) in [5.74, 6) is -0.564. The van der Waals surface area contributed by atoms with Crippen molar-refractivity contribution < 1.29 is 22.3 Å². The van der Waals surface area contributed by atoms with Crippen molar-refractivity contribution in [3.05, 3.63) is 70.5 Å². The van der Waals surface area contributed by atoms with Gasteiger partial charge in [-0.3, -0.25) is 9.89 Å². The van der Waals surface area contributed by atoms with Gasteiger partial charge >= 0.3 is 6.18 Å². The van der Waals surface area contributed by atoms with E-state index in [-0.39, 0.29) is 36.1 Å². The molecule has 0 spiro atoms. The lowest BCUT2D eigenvalue weighted by Crippen LogP contribution is -2.36. The summed E-state index contributed by atoms with van der Waals surface area (Å²) in [6.07, 6.45) is -4.63. The van der Waals surface area contributed by atoms with E-state index in [0.717, 1.165) is 50.5 Å². The summed E-state index contributed by atoms with van der Waals surface area (Å²) in [5.41, 5.74) is 1.19. The van der Waals surface area contributed by atoms with Crippen LogP contribution in [0.15, 0.2) is 47.5 Å². The lowest BCUT2D eigenvalue weighted by atomic mass is 10.1. The van der Waals surface area contributed by atoms with E-state index in [1.807, 2.05) is 12.1 Å². The van der Waals surface area contributed by atoms with Crippen LogP contribution in [0.4, 0.5) is 17.6 Å². The van der Waals surface area contributed by atoms with Crippen LogP contribution in [-0.4, -0.2) is 44.2 Å². The third kappa shape index (κ3) is 7.89. The fourth-order valence-electron chi connectivity index (χ4n) is 3.33. The molecule has 2 aromatic rings. The third-order valence-corrected chi connectivity index (χ3v) is 5.04. The molecule has 1 aliphatic heterocycles. The van der Waals surface area contributed by atoms with Gasteiger partial charge < -0.3 is 15.4 Å². The topological polar surface area (TPSA) is 48.9 Å². The number of aliphatic imine (C=N–C) groups is 1. The molecule has 3 rings (SSSR count). The van der Waals surface area contributed by atoms with Crippen LogP contribution >= 0.6 is 24.0 Å². The Balaban J connectivity index is 0.00000363. The second-order valence-electron chi connectivity index (χ2n) is 7.28. The molecular weight excluding hydrogens is 539 g/mol. The van der Waals surface area contributed by atoms with Crippen LogP contribution in [0.25, 0.3) is 0 Å². The number of ether oxygens (including phenoxy) is 1. The lowest BCUT2D eigenvalue weighted by molar-refractivity contribution is -0.138. The summed E-state index contributed by atoms with van der Waals surface area (Å²) < 4.78 is 58.0. The Kier molecular flexibility index (Phi) is 10.2. The Bertz CT molecular complexity index is 884. The first-order valence-corrected chi connectivity index (χ1v) is 10.0. The summed E-state index contributed by atoms with van der Waals surface area (Å²) in [6.45, 7) is 4.58. The fraction of sp³-hybridized carbons (Fsp3) is 0.409. The van der Waals surface area contributed by atoms with Crippen molar-refractivity contribution in [2.45, 2.75) is 25.8 Å². The molecule has 2 aromatic carbocycles. The normalized spacial score (nSPS) is 15.2. The van der Waals surface area contributed by atoms with Crippen LogP contribution < -0.4 is 10.6 Å². The molecular formula is C22H27F4IN4O. The van der Waals surface area contributed by atoms with Gasteiger partial charge in [-0.15, -0.1) is 24.0 Å². The van der Waals surface area contributed by atoms with Gasteiger partial charge in [-0.05, 0) is 28.8 Å². The lowest BCUT2D eigenvalue weighted by Gasteiger charge is -2.26. The Morgan fingerprint density at radius 3 is 2.25 bits per heavy atom. The second kappa shape index (κ2) is 12.4. The maximum Gasteiger partial charge on any atom is 0.416 e. The minimum atomic E-state index is -4.63. The highest BCUT2D eigenvalue weighted by Crippen LogP contribution is 2.32. The number of guanidine groups is 1. The quantitative estimate of drug-likeness (QED) is 0.239. The maximum atomic E-state index is 13.2. The van der Waals surface area contributed by atoms with Gasteiger partial charge in [0, 0.05) is 39.8 Å². The van der Waals surface area contributed by atoms with Crippen LogP contribution in [0.1, 0.15) is 22.3 Å². The minimum Gasteiger partial charge on any atom is -0.379 e. The highest BCUT2D eigenvalue weighted by Gasteiger charge is 2.33. The molecule has 0 bridgehead atoms. The monoisotopic (exact) mass is 566 g/mol. The van der Waals surface area contributed by atoms with Crippen LogP contribution in [0.2, 0.25) is 0 Å². The molecule has 0 amide bonds. The van der Waals surface area contributed by atoms with Crippen molar-refractivity contribution in [2.75, 3.05) is 33.4 Å². The molecule has 0 aromatic heterocycles. The van der Waals surface area contributed by atoms with E-state index in [2.05, 4.69) is 32.7 Å². The van der Waals surface area contributed by atoms with E-state index < -0.39 is 17.6 Å². The molecule has 0 unspecified atom stereocenters. The van der Waals surface area contributed by atoms with E-state index >= 15 is 0 Å². The molecule has 1 saturated heterocycles. The maximum absolute atomic E-state index is 13.2. The number of rotatable bonds is 6. The number of hydrogen-bond donors (Lipinski definition) is 2. The molecule has 2 N–H and O–H groups in total. The molecule has 1 heterocycles.